The summed E-state index contributed by atoms with van der Waals surface area (Å²) < 4.78 is 7.56. The van der Waals surface area contributed by atoms with E-state index in [0.29, 0.717) is 30.9 Å². The van der Waals surface area contributed by atoms with Crippen LogP contribution in [-0.4, -0.2) is 16.2 Å². The van der Waals surface area contributed by atoms with Crippen LogP contribution in [0.1, 0.15) is 60.6 Å². The first-order chi connectivity index (χ1) is 14.0. The molecule has 1 aromatic carbocycles. The van der Waals surface area contributed by atoms with Gasteiger partial charge < -0.3 is 4.74 Å². The third-order valence-corrected chi connectivity index (χ3v) is 5.52. The lowest BCUT2D eigenvalue weighted by atomic mass is 9.95. The van der Waals surface area contributed by atoms with Crippen LogP contribution >= 0.6 is 0 Å². The van der Waals surface area contributed by atoms with Crippen LogP contribution in [0.25, 0.3) is 0 Å². The number of ether oxygens (including phenoxy) is 1. The molecule has 5 nitrogen and oxygen atoms in total. The first-order valence-electron chi connectivity index (χ1n) is 10.6. The van der Waals surface area contributed by atoms with E-state index in [2.05, 4.69) is 49.2 Å². The molecule has 0 saturated carbocycles. The van der Waals surface area contributed by atoms with Crippen molar-refractivity contribution in [2.24, 2.45) is 5.92 Å². The van der Waals surface area contributed by atoms with Crippen molar-refractivity contribution in [3.05, 3.63) is 79.1 Å². The number of aromatic amines is 1. The summed E-state index contributed by atoms with van der Waals surface area (Å²) in [6.07, 6.45) is 9.68. The van der Waals surface area contributed by atoms with E-state index in [-0.39, 0.29) is 12.3 Å². The standard InChI is InChI=1S/C24H32N2O3/c1-4-8-21-22(14-20-12-17(2)11-18(3)13-20)26(24(28)25-23(21)27)16-29-15-19-9-6-5-7-10-19/h5-6,11-13,19H,4,7-10,14-16H2,1-3H3,(H,25,27,28). The van der Waals surface area contributed by atoms with Gasteiger partial charge in [0.25, 0.3) is 5.56 Å². The maximum Gasteiger partial charge on any atom is 0.330 e. The number of H-pyrrole nitrogens is 1. The number of nitrogens with one attached hydrogen (secondary N) is 1. The fraction of sp³-hybridized carbons (Fsp3) is 0.500. The van der Waals surface area contributed by atoms with Crippen LogP contribution in [0.5, 0.6) is 0 Å². The molecule has 0 amide bonds. The zero-order valence-corrected chi connectivity index (χ0v) is 17.8. The minimum atomic E-state index is -0.391. The highest BCUT2D eigenvalue weighted by Gasteiger charge is 2.16. The number of rotatable bonds is 8. The van der Waals surface area contributed by atoms with Crippen LogP contribution in [0.15, 0.2) is 39.9 Å². The summed E-state index contributed by atoms with van der Waals surface area (Å²) in [5, 5.41) is 0. The third-order valence-electron chi connectivity index (χ3n) is 5.52. The number of hydrogen-bond donors (Lipinski definition) is 1. The van der Waals surface area contributed by atoms with Gasteiger partial charge in [-0.05, 0) is 51.0 Å². The van der Waals surface area contributed by atoms with Gasteiger partial charge in [-0.1, -0.05) is 54.8 Å². The van der Waals surface area contributed by atoms with Crippen molar-refractivity contribution >= 4 is 0 Å². The number of benzene rings is 1. The fourth-order valence-corrected chi connectivity index (χ4v) is 4.19. The van der Waals surface area contributed by atoms with Crippen molar-refractivity contribution in [2.75, 3.05) is 6.61 Å². The van der Waals surface area contributed by atoms with Gasteiger partial charge in [-0.2, -0.15) is 0 Å². The van der Waals surface area contributed by atoms with Crippen molar-refractivity contribution < 1.29 is 4.74 Å². The molecule has 0 bridgehead atoms. The van der Waals surface area contributed by atoms with Crippen LogP contribution in [-0.2, 0) is 24.3 Å². The average Bonchev–Trinajstić information content (AvgIpc) is 2.67. The highest BCUT2D eigenvalue weighted by atomic mass is 16.5. The molecule has 1 aliphatic rings. The molecule has 1 heterocycles. The van der Waals surface area contributed by atoms with Crippen LogP contribution in [0.4, 0.5) is 0 Å². The Morgan fingerprint density at radius 1 is 1.14 bits per heavy atom. The molecule has 3 rings (SSSR count). The Kier molecular flexibility index (Phi) is 7.26. The third kappa shape index (κ3) is 5.57. The molecule has 5 heteroatoms. The Morgan fingerprint density at radius 2 is 1.90 bits per heavy atom. The summed E-state index contributed by atoms with van der Waals surface area (Å²) >= 11 is 0. The maximum absolute atomic E-state index is 12.6. The fourth-order valence-electron chi connectivity index (χ4n) is 4.19. The Hall–Kier alpha value is -2.40. The zero-order valence-electron chi connectivity index (χ0n) is 17.8. The topological polar surface area (TPSA) is 64.1 Å². The van der Waals surface area contributed by atoms with E-state index in [9.17, 15) is 9.59 Å². The van der Waals surface area contributed by atoms with Crippen LogP contribution in [0.2, 0.25) is 0 Å². The molecule has 1 aliphatic carbocycles. The van der Waals surface area contributed by atoms with Gasteiger partial charge in [0.05, 0.1) is 6.61 Å². The van der Waals surface area contributed by atoms with Gasteiger partial charge in [0.1, 0.15) is 6.73 Å². The molecular formula is C24H32N2O3. The number of aromatic nitrogens is 2. The van der Waals surface area contributed by atoms with E-state index in [1.165, 1.54) is 11.1 Å². The first kappa shape index (κ1) is 21.3. The molecule has 2 aromatic rings. The molecule has 0 saturated heterocycles. The molecule has 0 fully saturated rings. The van der Waals surface area contributed by atoms with Gasteiger partial charge in [-0.25, -0.2) is 4.79 Å². The van der Waals surface area contributed by atoms with Crippen molar-refractivity contribution in [2.45, 2.75) is 66.0 Å². The SMILES string of the molecule is CCCc1c(Cc2cc(C)cc(C)c2)n(COCC2CC=CCC2)c(=O)[nH]c1=O. The predicted octanol–water partition coefficient (Wildman–Crippen LogP) is 4.03. The largest absolute Gasteiger partial charge is 0.360 e. The van der Waals surface area contributed by atoms with E-state index >= 15 is 0 Å². The summed E-state index contributed by atoms with van der Waals surface area (Å²) in [5.74, 6) is 0.497. The Labute approximate surface area is 172 Å². The number of aryl methyl sites for hydroxylation is 2. The molecule has 1 unspecified atom stereocenters. The second-order valence-electron chi connectivity index (χ2n) is 8.19. The summed E-state index contributed by atoms with van der Waals surface area (Å²) in [6, 6.07) is 6.37. The van der Waals surface area contributed by atoms with E-state index in [1.54, 1.807) is 4.57 Å². The van der Waals surface area contributed by atoms with E-state index in [0.717, 1.165) is 36.9 Å². The summed E-state index contributed by atoms with van der Waals surface area (Å²) in [4.78, 5) is 27.7. The summed E-state index contributed by atoms with van der Waals surface area (Å²) in [6.45, 7) is 6.98. The normalized spacial score (nSPS) is 16.3. The quantitative estimate of drug-likeness (QED) is 0.685. The van der Waals surface area contributed by atoms with Crippen LogP contribution < -0.4 is 11.2 Å². The second kappa shape index (κ2) is 9.88. The minimum Gasteiger partial charge on any atom is -0.360 e. The lowest BCUT2D eigenvalue weighted by Crippen LogP contribution is -2.36. The number of hydrogen-bond acceptors (Lipinski definition) is 3. The zero-order chi connectivity index (χ0) is 20.8. The minimum absolute atomic E-state index is 0.173. The molecule has 29 heavy (non-hydrogen) atoms. The van der Waals surface area contributed by atoms with Gasteiger partial charge in [-0.15, -0.1) is 0 Å². The van der Waals surface area contributed by atoms with E-state index in [1.807, 2.05) is 6.92 Å². The lowest BCUT2D eigenvalue weighted by molar-refractivity contribution is 0.0432. The maximum atomic E-state index is 12.6. The summed E-state index contributed by atoms with van der Waals surface area (Å²) in [7, 11) is 0. The number of nitrogens with zero attached hydrogens (tertiary/aromatic N) is 1. The van der Waals surface area contributed by atoms with Gasteiger partial charge >= 0.3 is 5.69 Å². The Morgan fingerprint density at radius 3 is 2.55 bits per heavy atom. The van der Waals surface area contributed by atoms with Gasteiger partial charge in [-0.3, -0.25) is 14.3 Å². The monoisotopic (exact) mass is 396 g/mol. The molecule has 0 aliphatic heterocycles. The van der Waals surface area contributed by atoms with E-state index in [4.69, 9.17) is 4.74 Å². The van der Waals surface area contributed by atoms with Crippen molar-refractivity contribution in [3.63, 3.8) is 0 Å². The van der Waals surface area contributed by atoms with Gasteiger partial charge in [0.15, 0.2) is 0 Å². The predicted molar refractivity (Wildman–Crippen MR) is 116 cm³/mol. The number of allylic oxidation sites excluding steroid dienone is 2. The first-order valence-corrected chi connectivity index (χ1v) is 10.6. The van der Waals surface area contributed by atoms with Crippen molar-refractivity contribution in [1.82, 2.24) is 9.55 Å². The average molecular weight is 397 g/mol. The Bertz CT molecular complexity index is 964. The van der Waals surface area contributed by atoms with Crippen LogP contribution in [0.3, 0.4) is 0 Å². The van der Waals surface area contributed by atoms with E-state index < -0.39 is 5.69 Å². The highest BCUT2D eigenvalue weighted by Crippen LogP contribution is 2.19. The molecule has 1 aromatic heterocycles. The lowest BCUT2D eigenvalue weighted by Gasteiger charge is -2.20. The Balaban J connectivity index is 1.90. The second-order valence-corrected chi connectivity index (χ2v) is 8.19. The molecule has 0 spiro atoms. The smallest absolute Gasteiger partial charge is 0.330 e. The highest BCUT2D eigenvalue weighted by molar-refractivity contribution is 5.33. The molecule has 156 valence electrons. The molecule has 1 N–H and O–H groups in total. The van der Waals surface area contributed by atoms with Crippen molar-refractivity contribution in [3.8, 4) is 0 Å². The van der Waals surface area contributed by atoms with Crippen LogP contribution in [0, 0.1) is 19.8 Å². The molecule has 0 radical (unpaired) electrons. The summed E-state index contributed by atoms with van der Waals surface area (Å²) in [5.41, 5.74) is 4.26. The van der Waals surface area contributed by atoms with Crippen molar-refractivity contribution in [1.29, 1.82) is 0 Å². The molecule has 1 atom stereocenters. The van der Waals surface area contributed by atoms with Gasteiger partial charge in [0, 0.05) is 17.7 Å². The molecular weight excluding hydrogens is 364 g/mol. The van der Waals surface area contributed by atoms with Gasteiger partial charge in [0.2, 0.25) is 0 Å².